The van der Waals surface area contributed by atoms with Crippen molar-refractivity contribution in [2.24, 2.45) is 0 Å². The lowest BCUT2D eigenvalue weighted by molar-refractivity contribution is 0.105. The Labute approximate surface area is 102 Å². The number of ether oxygens (including phenoxy) is 2. The highest BCUT2D eigenvalue weighted by Crippen LogP contribution is 2.41. The van der Waals surface area contributed by atoms with Gasteiger partial charge < -0.3 is 14.6 Å². The standard InChI is InChI=1S/C14H20O3/c1-16-13-9-5-7-11(14(13)17-2)10-6-3-4-8-12(10)15/h5,7,9-10,12,15H,3-4,6,8H2,1-2H3/t10-,12-/m1/s1. The topological polar surface area (TPSA) is 38.7 Å². The third-order valence-electron chi connectivity index (χ3n) is 3.56. The highest BCUT2D eigenvalue weighted by Gasteiger charge is 2.28. The zero-order valence-electron chi connectivity index (χ0n) is 10.5. The van der Waals surface area contributed by atoms with Gasteiger partial charge in [0.05, 0.1) is 20.3 Å². The lowest BCUT2D eigenvalue weighted by Crippen LogP contribution is -2.23. The van der Waals surface area contributed by atoms with Crippen LogP contribution in [-0.2, 0) is 0 Å². The Morgan fingerprint density at radius 1 is 1.12 bits per heavy atom. The number of para-hydroxylation sites is 1. The minimum Gasteiger partial charge on any atom is -0.493 e. The van der Waals surface area contributed by atoms with Crippen molar-refractivity contribution in [3.05, 3.63) is 23.8 Å². The van der Waals surface area contributed by atoms with Crippen molar-refractivity contribution in [3.63, 3.8) is 0 Å². The van der Waals surface area contributed by atoms with Crippen LogP contribution in [-0.4, -0.2) is 25.4 Å². The van der Waals surface area contributed by atoms with Crippen LogP contribution in [0.5, 0.6) is 11.5 Å². The monoisotopic (exact) mass is 236 g/mol. The quantitative estimate of drug-likeness (QED) is 0.877. The van der Waals surface area contributed by atoms with Gasteiger partial charge in [-0.2, -0.15) is 0 Å². The molecule has 1 aromatic carbocycles. The fraction of sp³-hybridized carbons (Fsp3) is 0.571. The van der Waals surface area contributed by atoms with Gasteiger partial charge >= 0.3 is 0 Å². The highest BCUT2D eigenvalue weighted by atomic mass is 16.5. The first kappa shape index (κ1) is 12.2. The second-order valence-corrected chi connectivity index (χ2v) is 4.54. The van der Waals surface area contributed by atoms with Gasteiger partial charge in [-0.15, -0.1) is 0 Å². The van der Waals surface area contributed by atoms with Crippen LogP contribution in [0.2, 0.25) is 0 Å². The lowest BCUT2D eigenvalue weighted by atomic mass is 9.81. The van der Waals surface area contributed by atoms with Gasteiger partial charge in [-0.05, 0) is 18.9 Å². The summed E-state index contributed by atoms with van der Waals surface area (Å²) in [5.41, 5.74) is 1.07. The molecule has 1 N–H and O–H groups in total. The molecule has 0 aromatic heterocycles. The van der Waals surface area contributed by atoms with Crippen LogP contribution in [0.25, 0.3) is 0 Å². The summed E-state index contributed by atoms with van der Waals surface area (Å²) in [4.78, 5) is 0. The maximum Gasteiger partial charge on any atom is 0.164 e. The van der Waals surface area contributed by atoms with E-state index in [-0.39, 0.29) is 12.0 Å². The van der Waals surface area contributed by atoms with E-state index in [1.807, 2.05) is 18.2 Å². The maximum atomic E-state index is 10.1. The van der Waals surface area contributed by atoms with E-state index in [1.54, 1.807) is 14.2 Å². The molecule has 0 spiro atoms. The van der Waals surface area contributed by atoms with Gasteiger partial charge in [0.1, 0.15) is 0 Å². The van der Waals surface area contributed by atoms with Crippen LogP contribution in [0.3, 0.4) is 0 Å². The van der Waals surface area contributed by atoms with Crippen molar-refractivity contribution in [2.75, 3.05) is 14.2 Å². The first-order chi connectivity index (χ1) is 8.27. The van der Waals surface area contributed by atoms with Crippen LogP contribution in [0.15, 0.2) is 18.2 Å². The van der Waals surface area contributed by atoms with Gasteiger partial charge in [0.25, 0.3) is 0 Å². The molecule has 1 fully saturated rings. The van der Waals surface area contributed by atoms with E-state index in [1.165, 1.54) is 6.42 Å². The molecule has 0 heterocycles. The fourth-order valence-corrected chi connectivity index (χ4v) is 2.68. The number of aliphatic hydroxyl groups excluding tert-OH is 1. The Balaban J connectivity index is 2.36. The molecule has 17 heavy (non-hydrogen) atoms. The molecule has 3 heteroatoms. The van der Waals surface area contributed by atoms with Crippen LogP contribution in [0, 0.1) is 0 Å². The number of hydrogen-bond acceptors (Lipinski definition) is 3. The Bertz CT molecular complexity index is 376. The number of methoxy groups -OCH3 is 2. The van der Waals surface area contributed by atoms with E-state index < -0.39 is 0 Å². The summed E-state index contributed by atoms with van der Waals surface area (Å²) in [7, 11) is 3.29. The van der Waals surface area contributed by atoms with Crippen molar-refractivity contribution in [2.45, 2.75) is 37.7 Å². The smallest absolute Gasteiger partial charge is 0.164 e. The average molecular weight is 236 g/mol. The van der Waals surface area contributed by atoms with Crippen molar-refractivity contribution >= 4 is 0 Å². The molecular formula is C14H20O3. The molecule has 2 rings (SSSR count). The Morgan fingerprint density at radius 3 is 2.53 bits per heavy atom. The number of aliphatic hydroxyl groups is 1. The van der Waals surface area contributed by atoms with Crippen LogP contribution in [0.1, 0.15) is 37.2 Å². The van der Waals surface area contributed by atoms with Gasteiger partial charge in [0.15, 0.2) is 11.5 Å². The molecule has 0 radical (unpaired) electrons. The molecular weight excluding hydrogens is 216 g/mol. The summed E-state index contributed by atoms with van der Waals surface area (Å²) in [6.45, 7) is 0. The second kappa shape index (κ2) is 5.41. The summed E-state index contributed by atoms with van der Waals surface area (Å²) in [5.74, 6) is 1.68. The van der Waals surface area contributed by atoms with Gasteiger partial charge in [0.2, 0.25) is 0 Å². The molecule has 0 unspecified atom stereocenters. The fourth-order valence-electron chi connectivity index (χ4n) is 2.68. The molecule has 0 amide bonds. The minimum atomic E-state index is -0.259. The third-order valence-corrected chi connectivity index (χ3v) is 3.56. The third kappa shape index (κ3) is 2.39. The van der Waals surface area contributed by atoms with Gasteiger partial charge in [-0.1, -0.05) is 25.0 Å². The number of rotatable bonds is 3. The molecule has 0 aliphatic heterocycles. The van der Waals surface area contributed by atoms with Crippen LogP contribution >= 0.6 is 0 Å². The second-order valence-electron chi connectivity index (χ2n) is 4.54. The van der Waals surface area contributed by atoms with Crippen molar-refractivity contribution in [1.82, 2.24) is 0 Å². The first-order valence-electron chi connectivity index (χ1n) is 6.17. The zero-order chi connectivity index (χ0) is 12.3. The van der Waals surface area contributed by atoms with E-state index in [9.17, 15) is 5.11 Å². The maximum absolute atomic E-state index is 10.1. The Morgan fingerprint density at radius 2 is 1.88 bits per heavy atom. The summed E-state index contributed by atoms with van der Waals surface area (Å²) in [6, 6.07) is 5.87. The van der Waals surface area contributed by atoms with Crippen molar-refractivity contribution in [3.8, 4) is 11.5 Å². The van der Waals surface area contributed by atoms with E-state index >= 15 is 0 Å². The highest BCUT2D eigenvalue weighted by molar-refractivity contribution is 5.48. The lowest BCUT2D eigenvalue weighted by Gasteiger charge is -2.29. The van der Waals surface area contributed by atoms with E-state index in [4.69, 9.17) is 9.47 Å². The van der Waals surface area contributed by atoms with Gasteiger partial charge in [-0.25, -0.2) is 0 Å². The van der Waals surface area contributed by atoms with E-state index in [0.717, 1.165) is 36.3 Å². The molecule has 1 aliphatic rings. The summed E-state index contributed by atoms with van der Waals surface area (Å²) < 4.78 is 10.7. The molecule has 1 aromatic rings. The average Bonchev–Trinajstić information content (AvgIpc) is 2.38. The summed E-state index contributed by atoms with van der Waals surface area (Å²) >= 11 is 0. The zero-order valence-corrected chi connectivity index (χ0v) is 10.5. The van der Waals surface area contributed by atoms with E-state index in [2.05, 4.69) is 0 Å². The minimum absolute atomic E-state index is 0.175. The van der Waals surface area contributed by atoms with E-state index in [0.29, 0.717) is 0 Å². The predicted molar refractivity (Wildman–Crippen MR) is 66.8 cm³/mol. The molecule has 3 nitrogen and oxygen atoms in total. The van der Waals surface area contributed by atoms with Gasteiger partial charge in [-0.3, -0.25) is 0 Å². The molecule has 1 saturated carbocycles. The Hall–Kier alpha value is -1.22. The largest absolute Gasteiger partial charge is 0.493 e. The van der Waals surface area contributed by atoms with Crippen LogP contribution in [0.4, 0.5) is 0 Å². The molecule has 94 valence electrons. The first-order valence-corrected chi connectivity index (χ1v) is 6.17. The Kier molecular flexibility index (Phi) is 3.89. The SMILES string of the molecule is COc1cccc([C@H]2CCCC[C@H]2O)c1OC. The number of hydrogen-bond donors (Lipinski definition) is 1. The predicted octanol–water partition coefficient (Wildman–Crippen LogP) is 2.72. The molecule has 1 aliphatic carbocycles. The normalized spacial score (nSPS) is 24.4. The molecule has 2 atom stereocenters. The number of benzene rings is 1. The molecule has 0 bridgehead atoms. The van der Waals surface area contributed by atoms with Crippen molar-refractivity contribution in [1.29, 1.82) is 0 Å². The van der Waals surface area contributed by atoms with Crippen LogP contribution < -0.4 is 9.47 Å². The van der Waals surface area contributed by atoms with Gasteiger partial charge in [0, 0.05) is 11.5 Å². The summed E-state index contributed by atoms with van der Waals surface area (Å²) in [5, 5.41) is 10.1. The molecule has 0 saturated heterocycles. The van der Waals surface area contributed by atoms with Crippen molar-refractivity contribution < 1.29 is 14.6 Å². The summed E-state index contributed by atoms with van der Waals surface area (Å²) in [6.07, 6.45) is 3.92.